The summed E-state index contributed by atoms with van der Waals surface area (Å²) in [7, 11) is 0. The summed E-state index contributed by atoms with van der Waals surface area (Å²) in [6, 6.07) is 6.05. The summed E-state index contributed by atoms with van der Waals surface area (Å²) in [5, 5.41) is 1.91. The molecule has 3 aromatic rings. The smallest absolute Gasteiger partial charge is 0.188 e. The van der Waals surface area contributed by atoms with E-state index in [1.807, 2.05) is 18.5 Å². The number of fused-ring (bicyclic) bond motifs is 1. The lowest BCUT2D eigenvalue weighted by molar-refractivity contribution is 0.896. The minimum Gasteiger partial charge on any atom is -0.345 e. The predicted molar refractivity (Wildman–Crippen MR) is 78.3 cm³/mol. The highest BCUT2D eigenvalue weighted by molar-refractivity contribution is 7.98. The molecule has 0 aliphatic rings. The molecule has 1 N–H and O–H groups in total. The lowest BCUT2D eigenvalue weighted by Gasteiger charge is -2.04. The van der Waals surface area contributed by atoms with Crippen molar-refractivity contribution in [3.63, 3.8) is 0 Å². The number of pyridine rings is 1. The van der Waals surface area contributed by atoms with Gasteiger partial charge in [0.25, 0.3) is 0 Å². The van der Waals surface area contributed by atoms with E-state index in [4.69, 9.17) is 0 Å². The average molecular weight is 270 g/mol. The lowest BCUT2D eigenvalue weighted by atomic mass is 10.1. The number of hydrogen-bond acceptors (Lipinski definition) is 4. The van der Waals surface area contributed by atoms with E-state index < -0.39 is 0 Å². The number of nitrogens with one attached hydrogen (secondary N) is 1. The van der Waals surface area contributed by atoms with Crippen LogP contribution < -0.4 is 0 Å². The second-order valence-corrected chi connectivity index (χ2v) is 4.96. The summed E-state index contributed by atoms with van der Waals surface area (Å²) < 4.78 is 0. The predicted octanol–water partition coefficient (Wildman–Crippen LogP) is 3.30. The van der Waals surface area contributed by atoms with Crippen LogP contribution in [0.25, 0.3) is 22.3 Å². The summed E-state index contributed by atoms with van der Waals surface area (Å²) in [5.74, 6) is 0. The fourth-order valence-corrected chi connectivity index (χ4v) is 2.45. The summed E-state index contributed by atoms with van der Waals surface area (Å²) in [4.78, 5) is 16.6. The largest absolute Gasteiger partial charge is 0.345 e. The monoisotopic (exact) mass is 270 g/mol. The number of H-pyrrole nitrogens is 1. The Morgan fingerprint density at radius 3 is 3.00 bits per heavy atom. The maximum absolute atomic E-state index is 4.60. The van der Waals surface area contributed by atoms with E-state index in [1.54, 1.807) is 18.0 Å². The number of hydrogen-bond donors (Lipinski definition) is 1. The van der Waals surface area contributed by atoms with Crippen molar-refractivity contribution in [3.05, 3.63) is 36.3 Å². The second-order valence-electron chi connectivity index (χ2n) is 4.19. The van der Waals surface area contributed by atoms with Crippen LogP contribution in [-0.4, -0.2) is 26.2 Å². The standard InChI is InChI=1S/C14H14N4S/c1-3-9-7-12(18-14(17-9)19-2)11-8-16-13-10(11)5-4-6-15-13/h4-8H,3H2,1-2H3,(H,15,16). The van der Waals surface area contributed by atoms with E-state index in [-0.39, 0.29) is 0 Å². The van der Waals surface area contributed by atoms with Crippen molar-refractivity contribution in [3.8, 4) is 11.3 Å². The van der Waals surface area contributed by atoms with Gasteiger partial charge >= 0.3 is 0 Å². The fourth-order valence-electron chi connectivity index (χ4n) is 2.05. The van der Waals surface area contributed by atoms with E-state index in [9.17, 15) is 0 Å². The third-order valence-electron chi connectivity index (χ3n) is 3.03. The van der Waals surface area contributed by atoms with Crippen LogP contribution in [0.15, 0.2) is 35.7 Å². The maximum atomic E-state index is 4.60. The number of aryl methyl sites for hydroxylation is 1. The van der Waals surface area contributed by atoms with Crippen molar-refractivity contribution in [1.29, 1.82) is 0 Å². The number of thioether (sulfide) groups is 1. The van der Waals surface area contributed by atoms with Gasteiger partial charge in [-0.25, -0.2) is 15.0 Å². The van der Waals surface area contributed by atoms with Gasteiger partial charge in [-0.3, -0.25) is 0 Å². The van der Waals surface area contributed by atoms with Crippen LogP contribution in [0.2, 0.25) is 0 Å². The van der Waals surface area contributed by atoms with Gasteiger partial charge in [0.05, 0.1) is 5.69 Å². The van der Waals surface area contributed by atoms with Gasteiger partial charge in [0.15, 0.2) is 5.16 Å². The molecular formula is C14H14N4S. The molecule has 5 heteroatoms. The molecule has 0 saturated heterocycles. The molecule has 0 amide bonds. The van der Waals surface area contributed by atoms with Gasteiger partial charge < -0.3 is 4.98 Å². The van der Waals surface area contributed by atoms with Gasteiger partial charge in [0, 0.05) is 29.0 Å². The first-order valence-corrected chi connectivity index (χ1v) is 7.38. The van der Waals surface area contributed by atoms with Gasteiger partial charge in [-0.15, -0.1) is 0 Å². The van der Waals surface area contributed by atoms with Crippen LogP contribution >= 0.6 is 11.8 Å². The van der Waals surface area contributed by atoms with E-state index in [0.29, 0.717) is 0 Å². The van der Waals surface area contributed by atoms with Crippen molar-refractivity contribution in [2.75, 3.05) is 6.26 Å². The van der Waals surface area contributed by atoms with Gasteiger partial charge in [0.1, 0.15) is 5.65 Å². The first-order chi connectivity index (χ1) is 9.31. The van der Waals surface area contributed by atoms with E-state index in [0.717, 1.165) is 39.6 Å². The molecule has 3 rings (SSSR count). The van der Waals surface area contributed by atoms with Gasteiger partial charge in [-0.2, -0.15) is 0 Å². The van der Waals surface area contributed by atoms with Gasteiger partial charge in [0.2, 0.25) is 0 Å². The molecule has 96 valence electrons. The summed E-state index contributed by atoms with van der Waals surface area (Å²) >= 11 is 1.57. The molecule has 4 nitrogen and oxygen atoms in total. The van der Waals surface area contributed by atoms with Crippen LogP contribution in [0.1, 0.15) is 12.6 Å². The molecule has 0 fully saturated rings. The van der Waals surface area contributed by atoms with E-state index >= 15 is 0 Å². The Morgan fingerprint density at radius 2 is 2.21 bits per heavy atom. The Hall–Kier alpha value is -1.88. The summed E-state index contributed by atoms with van der Waals surface area (Å²) in [6.45, 7) is 2.10. The van der Waals surface area contributed by atoms with Gasteiger partial charge in [-0.1, -0.05) is 18.7 Å². The third kappa shape index (κ3) is 2.21. The summed E-state index contributed by atoms with van der Waals surface area (Å²) in [5.41, 5.74) is 3.98. The highest BCUT2D eigenvalue weighted by atomic mass is 32.2. The average Bonchev–Trinajstić information content (AvgIpc) is 2.90. The van der Waals surface area contributed by atoms with Crippen molar-refractivity contribution in [2.24, 2.45) is 0 Å². The zero-order chi connectivity index (χ0) is 13.2. The molecule has 0 unspecified atom stereocenters. The van der Waals surface area contributed by atoms with Crippen molar-refractivity contribution in [2.45, 2.75) is 18.5 Å². The number of rotatable bonds is 3. The molecule has 0 aromatic carbocycles. The molecule has 0 saturated carbocycles. The molecule has 0 bridgehead atoms. The highest BCUT2D eigenvalue weighted by Gasteiger charge is 2.10. The fraction of sp³-hybridized carbons (Fsp3) is 0.214. The topological polar surface area (TPSA) is 54.5 Å². The van der Waals surface area contributed by atoms with Crippen LogP contribution in [-0.2, 0) is 6.42 Å². The molecular weight excluding hydrogens is 256 g/mol. The highest BCUT2D eigenvalue weighted by Crippen LogP contribution is 2.27. The zero-order valence-electron chi connectivity index (χ0n) is 10.8. The molecule has 0 spiro atoms. The van der Waals surface area contributed by atoms with E-state index in [1.165, 1.54) is 0 Å². The van der Waals surface area contributed by atoms with Crippen molar-refractivity contribution in [1.82, 2.24) is 19.9 Å². The van der Waals surface area contributed by atoms with E-state index in [2.05, 4.69) is 39.0 Å². The van der Waals surface area contributed by atoms with Crippen LogP contribution in [0.5, 0.6) is 0 Å². The van der Waals surface area contributed by atoms with Crippen LogP contribution in [0.4, 0.5) is 0 Å². The van der Waals surface area contributed by atoms with Crippen molar-refractivity contribution >= 4 is 22.8 Å². The zero-order valence-corrected chi connectivity index (χ0v) is 11.7. The molecule has 3 heterocycles. The first-order valence-electron chi connectivity index (χ1n) is 6.16. The summed E-state index contributed by atoms with van der Waals surface area (Å²) in [6.07, 6.45) is 6.65. The van der Waals surface area contributed by atoms with Crippen molar-refractivity contribution < 1.29 is 0 Å². The molecule has 0 radical (unpaired) electrons. The number of aromatic nitrogens is 4. The SMILES string of the molecule is CCc1cc(-c2c[nH]c3ncccc23)nc(SC)n1. The lowest BCUT2D eigenvalue weighted by Crippen LogP contribution is -1.95. The maximum Gasteiger partial charge on any atom is 0.188 e. The first kappa shape index (κ1) is 12.2. The Kier molecular flexibility index (Phi) is 3.21. The molecule has 0 atom stereocenters. The minimum atomic E-state index is 0.813. The normalized spacial score (nSPS) is 11.1. The Morgan fingerprint density at radius 1 is 1.32 bits per heavy atom. The van der Waals surface area contributed by atoms with Crippen LogP contribution in [0.3, 0.4) is 0 Å². The third-order valence-corrected chi connectivity index (χ3v) is 3.58. The van der Waals surface area contributed by atoms with Gasteiger partial charge in [-0.05, 0) is 30.9 Å². The molecule has 0 aliphatic heterocycles. The number of aromatic amines is 1. The Bertz CT molecular complexity index is 698. The Balaban J connectivity index is 2.20. The number of nitrogens with zero attached hydrogens (tertiary/aromatic N) is 3. The quantitative estimate of drug-likeness (QED) is 0.586. The minimum absolute atomic E-state index is 0.813. The molecule has 0 aliphatic carbocycles. The second kappa shape index (κ2) is 5.01. The van der Waals surface area contributed by atoms with Crippen LogP contribution in [0, 0.1) is 0 Å². The molecule has 3 aromatic heterocycles. The molecule has 19 heavy (non-hydrogen) atoms. The Labute approximate surface area is 115 Å².